The number of ether oxygens (including phenoxy) is 1. The molecule has 4 nitrogen and oxygen atoms in total. The van der Waals surface area contributed by atoms with Crippen LogP contribution in [-0.2, 0) is 4.79 Å². The molecule has 2 aromatic carbocycles. The maximum Gasteiger partial charge on any atom is 0.227 e. The van der Waals surface area contributed by atoms with Crippen molar-refractivity contribution in [2.45, 2.75) is 12.8 Å². The number of allylic oxidation sites excluding steroid dienone is 1. The maximum absolute atomic E-state index is 12.4. The molecule has 0 aliphatic carbocycles. The minimum absolute atomic E-state index is 0.0914. The van der Waals surface area contributed by atoms with Crippen molar-refractivity contribution in [1.29, 1.82) is 0 Å². The number of carbonyl (C=O) groups is 2. The van der Waals surface area contributed by atoms with Gasteiger partial charge in [0.2, 0.25) is 5.91 Å². The van der Waals surface area contributed by atoms with Crippen LogP contribution in [0.3, 0.4) is 0 Å². The fourth-order valence-corrected chi connectivity index (χ4v) is 2.76. The van der Waals surface area contributed by atoms with Crippen LogP contribution in [0.5, 0.6) is 5.75 Å². The van der Waals surface area contributed by atoms with Crippen LogP contribution >= 0.6 is 0 Å². The smallest absolute Gasteiger partial charge is 0.227 e. The number of hydrogen-bond donors (Lipinski definition) is 0. The van der Waals surface area contributed by atoms with E-state index in [-0.39, 0.29) is 11.7 Å². The molecule has 4 heteroatoms. The first-order valence-corrected chi connectivity index (χ1v) is 7.94. The fraction of sp³-hybridized carbons (Fsp3) is 0.200. The van der Waals surface area contributed by atoms with Gasteiger partial charge in [-0.3, -0.25) is 9.59 Å². The summed E-state index contributed by atoms with van der Waals surface area (Å²) >= 11 is 0. The van der Waals surface area contributed by atoms with Crippen LogP contribution in [0, 0.1) is 0 Å². The maximum atomic E-state index is 12.4. The lowest BCUT2D eigenvalue weighted by Gasteiger charge is -2.16. The minimum atomic E-state index is -0.0914. The van der Waals surface area contributed by atoms with Crippen LogP contribution < -0.4 is 9.64 Å². The molecular weight excluding hydrogens is 302 g/mol. The Balaban J connectivity index is 1.77. The predicted molar refractivity (Wildman–Crippen MR) is 94.4 cm³/mol. The molecule has 0 aromatic heterocycles. The highest BCUT2D eigenvalue weighted by atomic mass is 16.5. The van der Waals surface area contributed by atoms with Crippen LogP contribution in [0.25, 0.3) is 6.08 Å². The molecule has 0 saturated carbocycles. The molecule has 24 heavy (non-hydrogen) atoms. The normalized spacial score (nSPS) is 14.4. The zero-order valence-corrected chi connectivity index (χ0v) is 13.6. The Labute approximate surface area is 141 Å². The number of rotatable bonds is 5. The van der Waals surface area contributed by atoms with Crippen molar-refractivity contribution in [2.75, 3.05) is 18.6 Å². The third-order valence-corrected chi connectivity index (χ3v) is 4.04. The molecule has 1 heterocycles. The molecule has 1 fully saturated rings. The second-order valence-electron chi connectivity index (χ2n) is 5.67. The number of amides is 1. The first-order valence-electron chi connectivity index (χ1n) is 7.94. The highest BCUT2D eigenvalue weighted by Gasteiger charge is 2.21. The van der Waals surface area contributed by atoms with Crippen molar-refractivity contribution in [3.63, 3.8) is 0 Å². The van der Waals surface area contributed by atoms with Gasteiger partial charge in [0.25, 0.3) is 0 Å². The zero-order valence-electron chi connectivity index (χ0n) is 13.6. The molecule has 122 valence electrons. The van der Waals surface area contributed by atoms with Gasteiger partial charge in [-0.05, 0) is 42.3 Å². The minimum Gasteiger partial charge on any atom is -0.497 e. The summed E-state index contributed by atoms with van der Waals surface area (Å²) in [6.07, 6.45) is 4.75. The van der Waals surface area contributed by atoms with Crippen LogP contribution in [0.15, 0.2) is 54.6 Å². The molecule has 2 aromatic rings. The molecule has 0 spiro atoms. The molecule has 0 unspecified atom stereocenters. The van der Waals surface area contributed by atoms with Crippen LogP contribution in [-0.4, -0.2) is 25.3 Å². The first-order chi connectivity index (χ1) is 11.7. The van der Waals surface area contributed by atoms with Crippen LogP contribution in [0.2, 0.25) is 0 Å². The van der Waals surface area contributed by atoms with E-state index < -0.39 is 0 Å². The quantitative estimate of drug-likeness (QED) is 0.623. The second-order valence-corrected chi connectivity index (χ2v) is 5.67. The average Bonchev–Trinajstić information content (AvgIpc) is 3.06. The number of hydrogen-bond acceptors (Lipinski definition) is 3. The average molecular weight is 321 g/mol. The lowest BCUT2D eigenvalue weighted by Crippen LogP contribution is -2.23. The molecule has 1 amide bonds. The van der Waals surface area contributed by atoms with Gasteiger partial charge in [0.15, 0.2) is 5.78 Å². The molecule has 1 aliphatic rings. The molecular formula is C20H19NO3. The van der Waals surface area contributed by atoms with Gasteiger partial charge in [-0.1, -0.05) is 30.3 Å². The highest BCUT2D eigenvalue weighted by Crippen LogP contribution is 2.22. The summed E-state index contributed by atoms with van der Waals surface area (Å²) < 4.78 is 5.17. The Hall–Kier alpha value is -2.88. The van der Waals surface area contributed by atoms with E-state index in [4.69, 9.17) is 4.74 Å². The standard InChI is InChI=1S/C20H19NO3/c1-24-18-8-2-5-15(13-18)10-11-19(22)16-6-3-7-17(14-16)21-12-4-9-20(21)23/h2-3,5-8,10-11,13-14H,4,9,12H2,1H3/b11-10+. The van der Waals surface area contributed by atoms with E-state index in [1.165, 1.54) is 0 Å². The molecule has 3 rings (SSSR count). The highest BCUT2D eigenvalue weighted by molar-refractivity contribution is 6.08. The molecule has 0 bridgehead atoms. The lowest BCUT2D eigenvalue weighted by atomic mass is 10.1. The largest absolute Gasteiger partial charge is 0.497 e. The van der Waals surface area contributed by atoms with E-state index in [1.54, 1.807) is 36.3 Å². The summed E-state index contributed by atoms with van der Waals surface area (Å²) in [5.41, 5.74) is 2.26. The lowest BCUT2D eigenvalue weighted by molar-refractivity contribution is -0.117. The Bertz CT molecular complexity index is 795. The molecule has 0 atom stereocenters. The Kier molecular flexibility index (Phi) is 4.75. The van der Waals surface area contributed by atoms with Gasteiger partial charge in [0, 0.05) is 24.2 Å². The van der Waals surface area contributed by atoms with Gasteiger partial charge < -0.3 is 9.64 Å². The molecule has 1 saturated heterocycles. The number of nitrogens with zero attached hydrogens (tertiary/aromatic N) is 1. The van der Waals surface area contributed by atoms with Crippen molar-refractivity contribution in [3.8, 4) is 5.75 Å². The van der Waals surface area contributed by atoms with Crippen molar-refractivity contribution >= 4 is 23.5 Å². The SMILES string of the molecule is COc1cccc(/C=C/C(=O)c2cccc(N3CCCC3=O)c2)c1. The summed E-state index contributed by atoms with van der Waals surface area (Å²) in [6.45, 7) is 0.718. The Morgan fingerprint density at radius 2 is 2.00 bits per heavy atom. The van der Waals surface area contributed by atoms with Crippen molar-refractivity contribution in [2.24, 2.45) is 0 Å². The number of ketones is 1. The number of benzene rings is 2. The van der Waals surface area contributed by atoms with Crippen LogP contribution in [0.1, 0.15) is 28.8 Å². The van der Waals surface area contributed by atoms with Crippen molar-refractivity contribution in [1.82, 2.24) is 0 Å². The summed E-state index contributed by atoms with van der Waals surface area (Å²) in [4.78, 5) is 26.0. The predicted octanol–water partition coefficient (Wildman–Crippen LogP) is 3.72. The Morgan fingerprint density at radius 3 is 2.75 bits per heavy atom. The first kappa shape index (κ1) is 16.0. The van der Waals surface area contributed by atoms with E-state index in [2.05, 4.69) is 0 Å². The van der Waals surface area contributed by atoms with E-state index >= 15 is 0 Å². The fourth-order valence-electron chi connectivity index (χ4n) is 2.76. The van der Waals surface area contributed by atoms with Gasteiger partial charge in [-0.25, -0.2) is 0 Å². The topological polar surface area (TPSA) is 46.6 Å². The summed E-state index contributed by atoms with van der Waals surface area (Å²) in [7, 11) is 1.61. The van der Waals surface area contributed by atoms with E-state index in [1.807, 2.05) is 36.4 Å². The monoisotopic (exact) mass is 321 g/mol. The van der Waals surface area contributed by atoms with Gasteiger partial charge in [0.05, 0.1) is 7.11 Å². The Morgan fingerprint density at radius 1 is 1.17 bits per heavy atom. The van der Waals surface area contributed by atoms with E-state index in [9.17, 15) is 9.59 Å². The zero-order chi connectivity index (χ0) is 16.9. The van der Waals surface area contributed by atoms with Gasteiger partial charge >= 0.3 is 0 Å². The molecule has 1 aliphatic heterocycles. The third-order valence-electron chi connectivity index (χ3n) is 4.04. The van der Waals surface area contributed by atoms with Crippen molar-refractivity contribution in [3.05, 3.63) is 65.7 Å². The molecule has 0 N–H and O–H groups in total. The number of carbonyl (C=O) groups excluding carboxylic acids is 2. The summed E-state index contributed by atoms with van der Waals surface area (Å²) in [6, 6.07) is 14.7. The van der Waals surface area contributed by atoms with Crippen molar-refractivity contribution < 1.29 is 14.3 Å². The van der Waals surface area contributed by atoms with Gasteiger partial charge in [0.1, 0.15) is 5.75 Å². The second kappa shape index (κ2) is 7.13. The summed E-state index contributed by atoms with van der Waals surface area (Å²) in [5.74, 6) is 0.775. The number of anilines is 1. The summed E-state index contributed by atoms with van der Waals surface area (Å²) in [5, 5.41) is 0. The van der Waals surface area contributed by atoms with Crippen LogP contribution in [0.4, 0.5) is 5.69 Å². The van der Waals surface area contributed by atoms with Gasteiger partial charge in [-0.2, -0.15) is 0 Å². The number of methoxy groups -OCH3 is 1. The molecule has 0 radical (unpaired) electrons. The van der Waals surface area contributed by atoms with E-state index in [0.29, 0.717) is 12.0 Å². The third kappa shape index (κ3) is 3.54. The van der Waals surface area contributed by atoms with Gasteiger partial charge in [-0.15, -0.1) is 0 Å². The van der Waals surface area contributed by atoms with E-state index in [0.717, 1.165) is 30.0 Å².